The van der Waals surface area contributed by atoms with Crippen LogP contribution in [-0.4, -0.2) is 46.2 Å². The number of carbonyl (C=O) groups is 1. The fourth-order valence-corrected chi connectivity index (χ4v) is 4.43. The van der Waals surface area contributed by atoms with Crippen LogP contribution in [-0.2, 0) is 31.1 Å². The molecule has 2 aromatic heterocycles. The van der Waals surface area contributed by atoms with Gasteiger partial charge in [0.05, 0.1) is 28.9 Å². The molecule has 4 aromatic rings. The van der Waals surface area contributed by atoms with Crippen LogP contribution in [0.1, 0.15) is 34.1 Å². The monoisotopic (exact) mass is 527 g/mol. The molecule has 0 unspecified atom stereocenters. The van der Waals surface area contributed by atoms with Crippen molar-refractivity contribution in [1.82, 2.24) is 14.5 Å². The summed E-state index contributed by atoms with van der Waals surface area (Å²) in [4.78, 5) is 19.3. The van der Waals surface area contributed by atoms with E-state index in [0.717, 1.165) is 12.1 Å². The lowest BCUT2D eigenvalue weighted by atomic mass is 9.96. The number of halogens is 3. The van der Waals surface area contributed by atoms with Gasteiger partial charge in [0, 0.05) is 48.1 Å². The van der Waals surface area contributed by atoms with Gasteiger partial charge >= 0.3 is 12.1 Å². The number of hydrogen-bond donors (Lipinski definition) is 1. The molecule has 4 rings (SSSR count). The molecule has 0 spiro atoms. The number of fused-ring (bicyclic) bond motifs is 1. The van der Waals surface area contributed by atoms with Gasteiger partial charge in [-0.15, -0.1) is 0 Å². The Kier molecular flexibility index (Phi) is 7.63. The minimum absolute atomic E-state index is 0.000644. The topological polar surface area (TPSA) is 76.8 Å². The number of carbonyl (C=O) groups excluding carboxylic acids is 1. The number of aromatic nitrogens is 2. The van der Waals surface area contributed by atoms with Gasteiger partial charge in [-0.3, -0.25) is 4.98 Å². The quantitative estimate of drug-likeness (QED) is 0.293. The van der Waals surface area contributed by atoms with Crippen LogP contribution in [0.2, 0.25) is 0 Å². The number of rotatable bonds is 8. The summed E-state index contributed by atoms with van der Waals surface area (Å²) in [6.45, 7) is 1.90. The largest absolute Gasteiger partial charge is 0.507 e. The van der Waals surface area contributed by atoms with E-state index in [1.165, 1.54) is 12.1 Å². The highest BCUT2D eigenvalue weighted by molar-refractivity contribution is 6.09. The highest BCUT2D eigenvalue weighted by atomic mass is 19.4. The van der Waals surface area contributed by atoms with E-state index in [0.29, 0.717) is 39.8 Å². The van der Waals surface area contributed by atoms with Crippen molar-refractivity contribution in [3.8, 4) is 22.6 Å². The SMILES string of the molecule is CCOC(=O)c1c(COc2cccc(C(F)(F)F)c2)n(C)c2cc(-c3cccnc3)c(O)c(CN(C)C)c12. The molecular weight excluding hydrogens is 499 g/mol. The van der Waals surface area contributed by atoms with Crippen LogP contribution in [0, 0.1) is 0 Å². The van der Waals surface area contributed by atoms with E-state index >= 15 is 0 Å². The molecule has 2 aromatic carbocycles. The number of phenolic OH excluding ortho intramolecular Hbond substituents is 1. The number of ether oxygens (including phenoxy) is 2. The summed E-state index contributed by atoms with van der Waals surface area (Å²) >= 11 is 0. The van der Waals surface area contributed by atoms with Crippen LogP contribution in [0.5, 0.6) is 11.5 Å². The Bertz CT molecular complexity index is 1460. The molecule has 2 heterocycles. The summed E-state index contributed by atoms with van der Waals surface area (Å²) in [6.07, 6.45) is -1.26. The van der Waals surface area contributed by atoms with Crippen LogP contribution in [0.4, 0.5) is 13.2 Å². The van der Waals surface area contributed by atoms with Gasteiger partial charge in [0.25, 0.3) is 0 Å². The first-order valence-electron chi connectivity index (χ1n) is 11.9. The highest BCUT2D eigenvalue weighted by Crippen LogP contribution is 2.42. The van der Waals surface area contributed by atoms with E-state index < -0.39 is 17.7 Å². The van der Waals surface area contributed by atoms with Crippen molar-refractivity contribution in [1.29, 1.82) is 0 Å². The molecule has 7 nitrogen and oxygen atoms in total. The lowest BCUT2D eigenvalue weighted by Crippen LogP contribution is -2.14. The maximum atomic E-state index is 13.2. The number of phenols is 1. The first kappa shape index (κ1) is 27.0. The molecule has 0 aliphatic heterocycles. The second-order valence-electron chi connectivity index (χ2n) is 9.04. The van der Waals surface area contributed by atoms with Gasteiger partial charge in [0.2, 0.25) is 0 Å². The molecule has 0 bridgehead atoms. The van der Waals surface area contributed by atoms with E-state index in [-0.39, 0.29) is 30.3 Å². The zero-order valence-corrected chi connectivity index (χ0v) is 21.5. The van der Waals surface area contributed by atoms with Gasteiger partial charge in [0.1, 0.15) is 18.1 Å². The lowest BCUT2D eigenvalue weighted by Gasteiger charge is -2.17. The standard InChI is InChI=1S/C28H28F3N3O4/c1-5-37-27(36)25-23(16-38-19-10-6-9-18(12-19)28(29,30)31)34(4)22-13-20(17-8-7-11-32-14-17)26(35)21(24(22)25)15-33(2)3/h6-14,35H,5,15-16H2,1-4H3. The van der Waals surface area contributed by atoms with Gasteiger partial charge in [-0.25, -0.2) is 4.79 Å². The molecule has 38 heavy (non-hydrogen) atoms. The van der Waals surface area contributed by atoms with Crippen LogP contribution < -0.4 is 4.74 Å². The minimum atomic E-state index is -4.52. The Labute approximate surface area is 218 Å². The summed E-state index contributed by atoms with van der Waals surface area (Å²) in [5.74, 6) is -0.609. The summed E-state index contributed by atoms with van der Waals surface area (Å²) in [5.41, 5.74) is 2.12. The van der Waals surface area contributed by atoms with Gasteiger partial charge in [0.15, 0.2) is 0 Å². The van der Waals surface area contributed by atoms with Crippen molar-refractivity contribution in [3.05, 3.63) is 77.2 Å². The number of esters is 1. The van der Waals surface area contributed by atoms with E-state index in [4.69, 9.17) is 9.47 Å². The lowest BCUT2D eigenvalue weighted by molar-refractivity contribution is -0.137. The Morgan fingerprint density at radius 2 is 1.92 bits per heavy atom. The zero-order valence-electron chi connectivity index (χ0n) is 21.5. The molecule has 0 saturated heterocycles. The summed E-state index contributed by atoms with van der Waals surface area (Å²) in [7, 11) is 5.42. The summed E-state index contributed by atoms with van der Waals surface area (Å²) < 4.78 is 52.5. The molecule has 10 heteroatoms. The fraction of sp³-hybridized carbons (Fsp3) is 0.286. The molecule has 0 fully saturated rings. The predicted molar refractivity (Wildman–Crippen MR) is 137 cm³/mol. The van der Waals surface area contributed by atoms with Crippen molar-refractivity contribution in [2.75, 3.05) is 20.7 Å². The normalized spacial score (nSPS) is 11.8. The molecule has 0 amide bonds. The highest BCUT2D eigenvalue weighted by Gasteiger charge is 2.31. The first-order chi connectivity index (χ1) is 18.0. The molecule has 0 radical (unpaired) electrons. The minimum Gasteiger partial charge on any atom is -0.507 e. The van der Waals surface area contributed by atoms with Crippen LogP contribution in [0.25, 0.3) is 22.0 Å². The second kappa shape index (κ2) is 10.7. The number of alkyl halides is 3. The summed E-state index contributed by atoms with van der Waals surface area (Å²) in [6, 6.07) is 9.90. The third-order valence-electron chi connectivity index (χ3n) is 6.15. The smallest absolute Gasteiger partial charge is 0.416 e. The molecule has 0 aliphatic rings. The molecule has 1 N–H and O–H groups in total. The second-order valence-corrected chi connectivity index (χ2v) is 9.04. The number of benzene rings is 2. The van der Waals surface area contributed by atoms with Gasteiger partial charge in [-0.2, -0.15) is 13.2 Å². The number of hydrogen-bond acceptors (Lipinski definition) is 6. The average molecular weight is 528 g/mol. The Hall–Kier alpha value is -4.05. The maximum absolute atomic E-state index is 13.2. The van der Waals surface area contributed by atoms with E-state index in [1.807, 2.05) is 25.1 Å². The number of nitrogens with zero attached hydrogens (tertiary/aromatic N) is 3. The predicted octanol–water partition coefficient (Wildman–Crippen LogP) is 5.78. The van der Waals surface area contributed by atoms with E-state index in [1.54, 1.807) is 43.1 Å². The zero-order chi connectivity index (χ0) is 27.6. The molecule has 0 aliphatic carbocycles. The van der Waals surface area contributed by atoms with Crippen LogP contribution in [0.15, 0.2) is 54.9 Å². The van der Waals surface area contributed by atoms with Gasteiger partial charge < -0.3 is 24.0 Å². The van der Waals surface area contributed by atoms with Gasteiger partial charge in [-0.1, -0.05) is 12.1 Å². The van der Waals surface area contributed by atoms with Crippen molar-refractivity contribution in [3.63, 3.8) is 0 Å². The van der Waals surface area contributed by atoms with Crippen LogP contribution in [0.3, 0.4) is 0 Å². The first-order valence-corrected chi connectivity index (χ1v) is 11.9. The number of aryl methyl sites for hydroxylation is 1. The van der Waals surface area contributed by atoms with Crippen molar-refractivity contribution in [2.45, 2.75) is 26.3 Å². The maximum Gasteiger partial charge on any atom is 0.416 e. The average Bonchev–Trinajstić information content (AvgIpc) is 3.15. The molecule has 200 valence electrons. The molecule has 0 atom stereocenters. The van der Waals surface area contributed by atoms with E-state index in [2.05, 4.69) is 4.98 Å². The van der Waals surface area contributed by atoms with Crippen molar-refractivity contribution in [2.24, 2.45) is 7.05 Å². The van der Waals surface area contributed by atoms with Crippen molar-refractivity contribution < 1.29 is 32.5 Å². The number of aromatic hydroxyl groups is 1. The summed E-state index contributed by atoms with van der Waals surface area (Å²) in [5, 5.41) is 11.9. The number of pyridine rings is 1. The Morgan fingerprint density at radius 3 is 2.55 bits per heavy atom. The third-order valence-corrected chi connectivity index (χ3v) is 6.15. The van der Waals surface area contributed by atoms with E-state index in [9.17, 15) is 23.1 Å². The third kappa shape index (κ3) is 5.31. The Balaban J connectivity index is 1.92. The molecular formula is C28H28F3N3O4. The van der Waals surface area contributed by atoms with Gasteiger partial charge in [-0.05, 0) is 51.4 Å². The van der Waals surface area contributed by atoms with Crippen LogP contribution >= 0.6 is 0 Å². The van der Waals surface area contributed by atoms with Crippen molar-refractivity contribution >= 4 is 16.9 Å². The molecule has 0 saturated carbocycles. The fourth-order valence-electron chi connectivity index (χ4n) is 4.43. The Morgan fingerprint density at radius 1 is 1.16 bits per heavy atom.